The first-order valence-electron chi connectivity index (χ1n) is 5.97. The van der Waals surface area contributed by atoms with E-state index in [1.165, 1.54) is 19.3 Å². The molecule has 3 heteroatoms. The lowest BCUT2D eigenvalue weighted by atomic mass is 9.80. The summed E-state index contributed by atoms with van der Waals surface area (Å²) < 4.78 is 0. The van der Waals surface area contributed by atoms with Crippen LogP contribution in [0.2, 0.25) is 0 Å². The number of hydrogen-bond acceptors (Lipinski definition) is 2. The van der Waals surface area contributed by atoms with Crippen LogP contribution >= 0.6 is 0 Å². The van der Waals surface area contributed by atoms with Gasteiger partial charge in [0.1, 0.15) is 0 Å². The molecule has 0 heterocycles. The Labute approximate surface area is 92.8 Å². The van der Waals surface area contributed by atoms with Crippen LogP contribution in [0, 0.1) is 5.92 Å². The molecule has 1 amide bonds. The fourth-order valence-corrected chi connectivity index (χ4v) is 1.82. The standard InChI is InChI=1S/C12H24N2O/c1-9(10-5-4-6-10)14-11(15)7-8-12(2,3)13/h9-10H,4-8,13H2,1-3H3,(H,14,15). The topological polar surface area (TPSA) is 55.1 Å². The number of nitrogens with one attached hydrogen (secondary N) is 1. The van der Waals surface area contributed by atoms with Crippen molar-refractivity contribution in [2.75, 3.05) is 0 Å². The minimum Gasteiger partial charge on any atom is -0.353 e. The van der Waals surface area contributed by atoms with Gasteiger partial charge >= 0.3 is 0 Å². The highest BCUT2D eigenvalue weighted by Crippen LogP contribution is 2.29. The van der Waals surface area contributed by atoms with Gasteiger partial charge in [-0.05, 0) is 46.0 Å². The normalized spacial score (nSPS) is 19.5. The molecule has 88 valence electrons. The fraction of sp³-hybridized carbons (Fsp3) is 0.917. The molecular weight excluding hydrogens is 188 g/mol. The molecule has 0 saturated heterocycles. The number of nitrogens with two attached hydrogens (primary N) is 1. The van der Waals surface area contributed by atoms with Crippen molar-refractivity contribution in [3.8, 4) is 0 Å². The van der Waals surface area contributed by atoms with E-state index in [4.69, 9.17) is 5.73 Å². The summed E-state index contributed by atoms with van der Waals surface area (Å²) in [6, 6.07) is 0.340. The number of rotatable bonds is 5. The summed E-state index contributed by atoms with van der Waals surface area (Å²) >= 11 is 0. The molecule has 1 rings (SSSR count). The van der Waals surface area contributed by atoms with Crippen molar-refractivity contribution in [1.82, 2.24) is 5.32 Å². The Kier molecular flexibility index (Phi) is 4.14. The van der Waals surface area contributed by atoms with Gasteiger partial charge in [0.25, 0.3) is 0 Å². The van der Waals surface area contributed by atoms with Crippen LogP contribution in [0.4, 0.5) is 0 Å². The summed E-state index contributed by atoms with van der Waals surface area (Å²) in [5.74, 6) is 0.854. The molecule has 0 aliphatic heterocycles. The Morgan fingerprint density at radius 1 is 1.53 bits per heavy atom. The third kappa shape index (κ3) is 4.65. The summed E-state index contributed by atoms with van der Waals surface area (Å²) in [6.45, 7) is 6.01. The Morgan fingerprint density at radius 2 is 2.13 bits per heavy atom. The van der Waals surface area contributed by atoms with Crippen molar-refractivity contribution in [2.24, 2.45) is 11.7 Å². The van der Waals surface area contributed by atoms with Crippen molar-refractivity contribution >= 4 is 5.91 Å². The minimum absolute atomic E-state index is 0.146. The molecule has 15 heavy (non-hydrogen) atoms. The zero-order valence-corrected chi connectivity index (χ0v) is 10.2. The van der Waals surface area contributed by atoms with E-state index in [0.717, 1.165) is 6.42 Å². The van der Waals surface area contributed by atoms with Gasteiger partial charge in [0.15, 0.2) is 0 Å². The van der Waals surface area contributed by atoms with E-state index in [2.05, 4.69) is 12.2 Å². The molecule has 1 aliphatic rings. The highest BCUT2D eigenvalue weighted by atomic mass is 16.1. The highest BCUT2D eigenvalue weighted by Gasteiger charge is 2.25. The number of amides is 1. The Balaban J connectivity index is 2.17. The summed E-state index contributed by atoms with van der Waals surface area (Å²) in [5, 5.41) is 3.06. The Bertz CT molecular complexity index is 216. The average Bonchev–Trinajstić information content (AvgIpc) is 1.95. The summed E-state index contributed by atoms with van der Waals surface area (Å²) in [7, 11) is 0. The lowest BCUT2D eigenvalue weighted by Gasteiger charge is -2.32. The van der Waals surface area contributed by atoms with Crippen LogP contribution in [0.15, 0.2) is 0 Å². The molecule has 0 aromatic heterocycles. The first kappa shape index (κ1) is 12.5. The maximum Gasteiger partial charge on any atom is 0.220 e. The number of carbonyl (C=O) groups is 1. The second-order valence-corrected chi connectivity index (χ2v) is 5.54. The second-order valence-electron chi connectivity index (χ2n) is 5.54. The third-order valence-electron chi connectivity index (χ3n) is 3.24. The van der Waals surface area contributed by atoms with Crippen LogP contribution in [0.5, 0.6) is 0 Å². The summed E-state index contributed by atoms with van der Waals surface area (Å²) in [5.41, 5.74) is 5.59. The largest absolute Gasteiger partial charge is 0.353 e. The average molecular weight is 212 g/mol. The van der Waals surface area contributed by atoms with Crippen LogP contribution in [0.1, 0.15) is 52.9 Å². The van der Waals surface area contributed by atoms with Gasteiger partial charge in [0.2, 0.25) is 5.91 Å². The third-order valence-corrected chi connectivity index (χ3v) is 3.24. The van der Waals surface area contributed by atoms with Crippen molar-refractivity contribution in [1.29, 1.82) is 0 Å². The summed E-state index contributed by atoms with van der Waals surface area (Å²) in [4.78, 5) is 11.6. The van der Waals surface area contributed by atoms with Crippen molar-refractivity contribution < 1.29 is 4.79 Å². The quantitative estimate of drug-likeness (QED) is 0.730. The fourth-order valence-electron chi connectivity index (χ4n) is 1.82. The molecule has 0 aromatic carbocycles. The molecule has 0 aromatic rings. The molecule has 1 unspecified atom stereocenters. The van der Waals surface area contributed by atoms with Gasteiger partial charge in [-0.25, -0.2) is 0 Å². The molecule has 1 fully saturated rings. The first-order valence-corrected chi connectivity index (χ1v) is 5.97. The van der Waals surface area contributed by atoms with E-state index in [-0.39, 0.29) is 11.4 Å². The van der Waals surface area contributed by atoms with Crippen LogP contribution in [0.3, 0.4) is 0 Å². The van der Waals surface area contributed by atoms with Crippen molar-refractivity contribution in [3.05, 3.63) is 0 Å². The van der Waals surface area contributed by atoms with Crippen LogP contribution in [0.25, 0.3) is 0 Å². The first-order chi connectivity index (χ1) is 6.88. The Hall–Kier alpha value is -0.570. The lowest BCUT2D eigenvalue weighted by molar-refractivity contribution is -0.122. The maximum atomic E-state index is 11.6. The zero-order valence-electron chi connectivity index (χ0n) is 10.2. The van der Waals surface area contributed by atoms with E-state index >= 15 is 0 Å². The number of carbonyl (C=O) groups excluding carboxylic acids is 1. The van der Waals surface area contributed by atoms with Crippen LogP contribution in [-0.2, 0) is 4.79 Å². The zero-order chi connectivity index (χ0) is 11.5. The molecule has 1 saturated carbocycles. The molecule has 0 radical (unpaired) electrons. The van der Waals surface area contributed by atoms with Gasteiger partial charge in [0, 0.05) is 18.0 Å². The smallest absolute Gasteiger partial charge is 0.220 e. The van der Waals surface area contributed by atoms with Gasteiger partial charge in [-0.1, -0.05) is 6.42 Å². The van der Waals surface area contributed by atoms with Gasteiger partial charge in [-0.15, -0.1) is 0 Å². The maximum absolute atomic E-state index is 11.6. The van der Waals surface area contributed by atoms with Crippen molar-refractivity contribution in [3.63, 3.8) is 0 Å². The highest BCUT2D eigenvalue weighted by molar-refractivity contribution is 5.76. The van der Waals surface area contributed by atoms with Gasteiger partial charge in [-0.3, -0.25) is 4.79 Å². The van der Waals surface area contributed by atoms with Crippen LogP contribution < -0.4 is 11.1 Å². The van der Waals surface area contributed by atoms with Gasteiger partial charge < -0.3 is 11.1 Å². The molecule has 1 aliphatic carbocycles. The Morgan fingerprint density at radius 3 is 2.53 bits per heavy atom. The minimum atomic E-state index is -0.239. The van der Waals surface area contributed by atoms with E-state index in [1.807, 2.05) is 13.8 Å². The predicted molar refractivity (Wildman–Crippen MR) is 62.4 cm³/mol. The molecule has 0 spiro atoms. The SMILES string of the molecule is CC(NC(=O)CCC(C)(C)N)C1CCC1. The predicted octanol–water partition coefficient (Wildman–Crippen LogP) is 1.81. The second kappa shape index (κ2) is 4.97. The molecule has 3 N–H and O–H groups in total. The van der Waals surface area contributed by atoms with Gasteiger partial charge in [-0.2, -0.15) is 0 Å². The van der Waals surface area contributed by atoms with E-state index in [9.17, 15) is 4.79 Å². The van der Waals surface area contributed by atoms with Crippen LogP contribution in [-0.4, -0.2) is 17.5 Å². The molecule has 3 nitrogen and oxygen atoms in total. The molecule has 0 bridgehead atoms. The van der Waals surface area contributed by atoms with E-state index < -0.39 is 0 Å². The van der Waals surface area contributed by atoms with E-state index in [0.29, 0.717) is 18.4 Å². The monoisotopic (exact) mass is 212 g/mol. The summed E-state index contributed by atoms with van der Waals surface area (Å²) in [6.07, 6.45) is 5.14. The lowest BCUT2D eigenvalue weighted by Crippen LogP contribution is -2.42. The van der Waals surface area contributed by atoms with E-state index in [1.54, 1.807) is 0 Å². The number of hydrogen-bond donors (Lipinski definition) is 2. The van der Waals surface area contributed by atoms with Crippen molar-refractivity contribution in [2.45, 2.75) is 64.5 Å². The molecule has 1 atom stereocenters. The van der Waals surface area contributed by atoms with Gasteiger partial charge in [0.05, 0.1) is 0 Å². The molecular formula is C12H24N2O.